The molecule has 0 unspecified atom stereocenters. The van der Waals surface area contributed by atoms with Crippen molar-refractivity contribution < 1.29 is 22.8 Å². The predicted molar refractivity (Wildman–Crippen MR) is 125 cm³/mol. The third-order valence-electron chi connectivity index (χ3n) is 5.97. The molecule has 10 heteroatoms. The van der Waals surface area contributed by atoms with Crippen molar-refractivity contribution >= 4 is 17.5 Å². The molecule has 3 aromatic rings. The van der Waals surface area contributed by atoms with E-state index in [1.807, 2.05) is 23.1 Å². The van der Waals surface area contributed by atoms with Crippen LogP contribution >= 0.6 is 0 Å². The minimum atomic E-state index is -4.76. The fraction of sp³-hybridized carbons (Fsp3) is 0.320. The van der Waals surface area contributed by atoms with E-state index < -0.39 is 23.3 Å². The first-order chi connectivity index (χ1) is 16.7. The van der Waals surface area contributed by atoms with Crippen LogP contribution in [-0.2, 0) is 11.0 Å². The molecule has 2 amide bonds. The Hall–Kier alpha value is -3.66. The quantitative estimate of drug-likeness (QED) is 0.553. The van der Waals surface area contributed by atoms with Crippen molar-refractivity contribution in [1.29, 1.82) is 0 Å². The molecule has 0 spiro atoms. The molecule has 0 bridgehead atoms. The number of amides is 2. The number of para-hydroxylation sites is 2. The summed E-state index contributed by atoms with van der Waals surface area (Å²) in [5.41, 5.74) is -0.0196. The van der Waals surface area contributed by atoms with Crippen LogP contribution in [0.5, 0.6) is 0 Å². The van der Waals surface area contributed by atoms with Gasteiger partial charge in [-0.25, -0.2) is 4.68 Å². The number of aryl methyl sites for hydroxylation is 1. The van der Waals surface area contributed by atoms with Crippen molar-refractivity contribution in [3.63, 3.8) is 0 Å². The highest BCUT2D eigenvalue weighted by atomic mass is 19.4. The van der Waals surface area contributed by atoms with Crippen LogP contribution in [0.3, 0.4) is 0 Å². The number of alkyl halides is 3. The van der Waals surface area contributed by atoms with Crippen molar-refractivity contribution in [1.82, 2.24) is 20.0 Å². The lowest BCUT2D eigenvalue weighted by Gasteiger charge is -2.31. The zero-order chi connectivity index (χ0) is 25.0. The summed E-state index contributed by atoms with van der Waals surface area (Å²) >= 11 is 0. The Labute approximate surface area is 200 Å². The SMILES string of the molecule is Cc1ccccc1-n1ncc(C(=O)NC2CCN(CC(=O)Nc3ccccc3)CC2)c1C(F)(F)F. The van der Waals surface area contributed by atoms with Crippen molar-refractivity contribution in [3.05, 3.63) is 77.6 Å². The first kappa shape index (κ1) is 24.5. The summed E-state index contributed by atoms with van der Waals surface area (Å²) in [5, 5.41) is 9.44. The molecule has 1 fully saturated rings. The van der Waals surface area contributed by atoms with Gasteiger partial charge in [0.25, 0.3) is 5.91 Å². The molecular formula is C25H26F3N5O2. The van der Waals surface area contributed by atoms with Crippen LogP contribution in [0, 0.1) is 6.92 Å². The van der Waals surface area contributed by atoms with E-state index in [4.69, 9.17) is 0 Å². The number of piperidine rings is 1. The second-order valence-electron chi connectivity index (χ2n) is 8.54. The van der Waals surface area contributed by atoms with Gasteiger partial charge in [0.1, 0.15) is 0 Å². The van der Waals surface area contributed by atoms with Gasteiger partial charge in [-0.05, 0) is 43.5 Å². The monoisotopic (exact) mass is 485 g/mol. The minimum absolute atomic E-state index is 0.142. The topological polar surface area (TPSA) is 79.3 Å². The van der Waals surface area contributed by atoms with E-state index in [9.17, 15) is 22.8 Å². The van der Waals surface area contributed by atoms with E-state index in [1.165, 1.54) is 6.07 Å². The number of anilines is 1. The smallest absolute Gasteiger partial charge is 0.349 e. The van der Waals surface area contributed by atoms with Crippen LogP contribution < -0.4 is 10.6 Å². The largest absolute Gasteiger partial charge is 0.434 e. The fourth-order valence-electron chi connectivity index (χ4n) is 4.19. The van der Waals surface area contributed by atoms with Crippen molar-refractivity contribution in [2.45, 2.75) is 32.0 Å². The number of benzene rings is 2. The number of carbonyl (C=O) groups is 2. The van der Waals surface area contributed by atoms with Crippen LogP contribution in [0.1, 0.15) is 34.5 Å². The number of hydrogen-bond acceptors (Lipinski definition) is 4. The van der Waals surface area contributed by atoms with E-state index in [2.05, 4.69) is 15.7 Å². The fourth-order valence-corrected chi connectivity index (χ4v) is 4.19. The van der Waals surface area contributed by atoms with Crippen molar-refractivity contribution in [2.75, 3.05) is 25.0 Å². The minimum Gasteiger partial charge on any atom is -0.349 e. The molecule has 35 heavy (non-hydrogen) atoms. The van der Waals surface area contributed by atoms with Gasteiger partial charge in [-0.3, -0.25) is 14.5 Å². The molecule has 0 saturated carbocycles. The van der Waals surface area contributed by atoms with Gasteiger partial charge < -0.3 is 10.6 Å². The Morgan fingerprint density at radius 2 is 1.69 bits per heavy atom. The molecule has 1 aliphatic rings. The summed E-state index contributed by atoms with van der Waals surface area (Å²) in [4.78, 5) is 27.0. The number of carbonyl (C=O) groups excluding carboxylic acids is 2. The summed E-state index contributed by atoms with van der Waals surface area (Å²) in [6.07, 6.45) is -2.75. The molecular weight excluding hydrogens is 459 g/mol. The maximum Gasteiger partial charge on any atom is 0.434 e. The standard InChI is InChI=1S/C25H26F3N5O2/c1-17-7-5-6-10-21(17)33-23(25(26,27)28)20(15-29-33)24(35)31-19-11-13-32(14-12-19)16-22(34)30-18-8-3-2-4-9-18/h2-10,15,19H,11-14,16H2,1H3,(H,30,34)(H,31,35). The van der Waals surface area contributed by atoms with Gasteiger partial charge in [-0.2, -0.15) is 18.3 Å². The van der Waals surface area contributed by atoms with Gasteiger partial charge >= 0.3 is 6.18 Å². The Morgan fingerprint density at radius 1 is 1.03 bits per heavy atom. The lowest BCUT2D eigenvalue weighted by atomic mass is 10.0. The molecule has 0 atom stereocenters. The van der Waals surface area contributed by atoms with Gasteiger partial charge in [0.15, 0.2) is 5.69 Å². The molecule has 1 saturated heterocycles. The highest BCUT2D eigenvalue weighted by Crippen LogP contribution is 2.34. The van der Waals surface area contributed by atoms with Gasteiger partial charge in [-0.15, -0.1) is 0 Å². The number of nitrogens with zero attached hydrogens (tertiary/aromatic N) is 3. The second-order valence-corrected chi connectivity index (χ2v) is 8.54. The summed E-state index contributed by atoms with van der Waals surface area (Å²) in [5.74, 6) is -0.949. The van der Waals surface area contributed by atoms with Gasteiger partial charge in [0.05, 0.1) is 24.0 Å². The molecule has 7 nitrogen and oxygen atoms in total. The number of likely N-dealkylation sites (tertiary alicyclic amines) is 1. The maximum absolute atomic E-state index is 13.9. The number of hydrogen-bond donors (Lipinski definition) is 2. The molecule has 184 valence electrons. The number of rotatable bonds is 6. The average Bonchev–Trinajstić information content (AvgIpc) is 3.27. The number of halogens is 3. The molecule has 0 radical (unpaired) electrons. The Bertz CT molecular complexity index is 1190. The van der Waals surface area contributed by atoms with E-state index >= 15 is 0 Å². The van der Waals surface area contributed by atoms with E-state index in [0.717, 1.165) is 10.9 Å². The Kier molecular flexibility index (Phi) is 7.20. The molecule has 2 aromatic carbocycles. The zero-order valence-electron chi connectivity index (χ0n) is 19.2. The van der Waals surface area contributed by atoms with Gasteiger partial charge in [0, 0.05) is 24.8 Å². The van der Waals surface area contributed by atoms with Crippen LogP contribution in [-0.4, -0.2) is 52.2 Å². The van der Waals surface area contributed by atoms with E-state index in [0.29, 0.717) is 37.2 Å². The molecule has 1 aliphatic heterocycles. The normalized spacial score (nSPS) is 15.1. The van der Waals surface area contributed by atoms with Crippen LogP contribution in [0.2, 0.25) is 0 Å². The van der Waals surface area contributed by atoms with Crippen LogP contribution in [0.25, 0.3) is 5.69 Å². The summed E-state index contributed by atoms with van der Waals surface area (Å²) in [7, 11) is 0. The lowest BCUT2D eigenvalue weighted by Crippen LogP contribution is -2.46. The molecule has 2 N–H and O–H groups in total. The molecule has 1 aromatic heterocycles. The summed E-state index contributed by atoms with van der Waals surface area (Å²) < 4.78 is 42.6. The highest BCUT2D eigenvalue weighted by Gasteiger charge is 2.41. The van der Waals surface area contributed by atoms with Gasteiger partial charge in [-0.1, -0.05) is 36.4 Å². The average molecular weight is 486 g/mol. The molecule has 0 aliphatic carbocycles. The zero-order valence-corrected chi connectivity index (χ0v) is 19.2. The molecule has 2 heterocycles. The van der Waals surface area contributed by atoms with Gasteiger partial charge in [0.2, 0.25) is 5.91 Å². The predicted octanol–water partition coefficient (Wildman–Crippen LogP) is 4.03. The molecule has 4 rings (SSSR count). The summed E-state index contributed by atoms with van der Waals surface area (Å²) in [6.45, 7) is 2.98. The maximum atomic E-state index is 13.9. The van der Waals surface area contributed by atoms with Crippen molar-refractivity contribution in [3.8, 4) is 5.69 Å². The van der Waals surface area contributed by atoms with Crippen LogP contribution in [0.4, 0.5) is 18.9 Å². The number of aromatic nitrogens is 2. The Balaban J connectivity index is 1.38. The number of nitrogens with one attached hydrogen (secondary N) is 2. The third-order valence-corrected chi connectivity index (χ3v) is 5.97. The van der Waals surface area contributed by atoms with E-state index in [1.54, 1.807) is 37.3 Å². The first-order valence-electron chi connectivity index (χ1n) is 11.3. The summed E-state index contributed by atoms with van der Waals surface area (Å²) in [6, 6.07) is 15.4. The lowest BCUT2D eigenvalue weighted by molar-refractivity contribution is -0.143. The highest BCUT2D eigenvalue weighted by molar-refractivity contribution is 5.95. The first-order valence-corrected chi connectivity index (χ1v) is 11.3. The second kappa shape index (κ2) is 10.3. The Morgan fingerprint density at radius 3 is 2.34 bits per heavy atom. The van der Waals surface area contributed by atoms with E-state index in [-0.39, 0.29) is 24.2 Å². The third kappa shape index (κ3) is 5.89. The van der Waals surface area contributed by atoms with Crippen LogP contribution in [0.15, 0.2) is 60.8 Å². The van der Waals surface area contributed by atoms with Crippen molar-refractivity contribution in [2.24, 2.45) is 0 Å².